The predicted octanol–water partition coefficient (Wildman–Crippen LogP) is 2.03. The van der Waals surface area contributed by atoms with Crippen molar-refractivity contribution in [1.29, 1.82) is 0 Å². The molecule has 4 rings (SSSR count). The third kappa shape index (κ3) is 3.14. The van der Waals surface area contributed by atoms with Crippen LogP contribution in [0.2, 0.25) is 0 Å². The lowest BCUT2D eigenvalue weighted by molar-refractivity contribution is -0.134. The molecule has 2 aliphatic rings. The van der Waals surface area contributed by atoms with E-state index in [1.807, 2.05) is 18.2 Å². The van der Waals surface area contributed by atoms with Crippen LogP contribution in [0.5, 0.6) is 5.75 Å². The Bertz CT molecular complexity index is 865. The standard InChI is InChI=1S/C20H21N3O3/c1-23-7-2-3-17(20(23)25)22-19(24)16-10-15(11-21-12-16)13-4-5-18-14(9-13)6-8-26-18/h4-5,9-12,17H,2-3,6-8H2,1H3,(H,22,24). The van der Waals surface area contributed by atoms with Crippen LogP contribution in [0.1, 0.15) is 28.8 Å². The topological polar surface area (TPSA) is 71.5 Å². The van der Waals surface area contributed by atoms with Crippen LogP contribution in [0.3, 0.4) is 0 Å². The second kappa shape index (κ2) is 6.78. The molecular formula is C20H21N3O3. The largest absolute Gasteiger partial charge is 0.493 e. The van der Waals surface area contributed by atoms with E-state index in [1.165, 1.54) is 11.8 Å². The fraction of sp³-hybridized carbons (Fsp3) is 0.350. The SMILES string of the molecule is CN1CCCC(NC(=O)c2cncc(-c3ccc4c(c3)CCO4)c2)C1=O. The number of ether oxygens (including phenoxy) is 1. The Hall–Kier alpha value is -2.89. The van der Waals surface area contributed by atoms with Gasteiger partial charge in [-0.2, -0.15) is 0 Å². The smallest absolute Gasteiger partial charge is 0.253 e. The number of carbonyl (C=O) groups excluding carboxylic acids is 2. The number of nitrogens with zero attached hydrogens (tertiary/aromatic N) is 2. The molecule has 1 atom stereocenters. The minimum Gasteiger partial charge on any atom is -0.493 e. The second-order valence-electron chi connectivity index (χ2n) is 6.81. The van der Waals surface area contributed by atoms with E-state index in [4.69, 9.17) is 4.74 Å². The van der Waals surface area contributed by atoms with Crippen LogP contribution in [0.4, 0.5) is 0 Å². The van der Waals surface area contributed by atoms with E-state index in [9.17, 15) is 9.59 Å². The third-order valence-corrected chi connectivity index (χ3v) is 4.99. The van der Waals surface area contributed by atoms with Crippen molar-refractivity contribution >= 4 is 11.8 Å². The molecule has 2 aromatic rings. The summed E-state index contributed by atoms with van der Waals surface area (Å²) >= 11 is 0. The summed E-state index contributed by atoms with van der Waals surface area (Å²) in [5.74, 6) is 0.625. The quantitative estimate of drug-likeness (QED) is 0.919. The van der Waals surface area contributed by atoms with Crippen LogP contribution in [-0.2, 0) is 11.2 Å². The van der Waals surface area contributed by atoms with E-state index in [1.54, 1.807) is 18.1 Å². The Balaban J connectivity index is 1.54. The summed E-state index contributed by atoms with van der Waals surface area (Å²) in [6.45, 7) is 1.45. The van der Waals surface area contributed by atoms with Crippen molar-refractivity contribution in [1.82, 2.24) is 15.2 Å². The number of hydrogen-bond acceptors (Lipinski definition) is 4. The number of likely N-dealkylation sites (N-methyl/N-ethyl adjacent to an activating group) is 1. The predicted molar refractivity (Wildman–Crippen MR) is 97.0 cm³/mol. The van der Waals surface area contributed by atoms with Crippen molar-refractivity contribution in [3.63, 3.8) is 0 Å². The highest BCUT2D eigenvalue weighted by atomic mass is 16.5. The summed E-state index contributed by atoms with van der Waals surface area (Å²) in [6, 6.07) is 7.38. The first-order chi connectivity index (χ1) is 12.6. The molecule has 0 radical (unpaired) electrons. The molecule has 1 fully saturated rings. The summed E-state index contributed by atoms with van der Waals surface area (Å²) in [4.78, 5) is 30.6. The summed E-state index contributed by atoms with van der Waals surface area (Å²) in [5, 5.41) is 2.85. The van der Waals surface area contributed by atoms with Gasteiger partial charge in [0.15, 0.2) is 0 Å². The van der Waals surface area contributed by atoms with Gasteiger partial charge in [0.1, 0.15) is 11.8 Å². The van der Waals surface area contributed by atoms with Gasteiger partial charge in [-0.1, -0.05) is 6.07 Å². The Kier molecular flexibility index (Phi) is 4.32. The zero-order valence-electron chi connectivity index (χ0n) is 14.7. The average molecular weight is 351 g/mol. The maximum atomic E-state index is 12.6. The lowest BCUT2D eigenvalue weighted by Crippen LogP contribution is -2.50. The van der Waals surface area contributed by atoms with Gasteiger partial charge in [0, 0.05) is 38.0 Å². The highest BCUT2D eigenvalue weighted by Crippen LogP contribution is 2.30. The molecule has 1 N–H and O–H groups in total. The zero-order chi connectivity index (χ0) is 18.1. The van der Waals surface area contributed by atoms with E-state index >= 15 is 0 Å². The van der Waals surface area contributed by atoms with E-state index < -0.39 is 6.04 Å². The Labute approximate surface area is 152 Å². The number of amides is 2. The van der Waals surface area contributed by atoms with Gasteiger partial charge in [-0.25, -0.2) is 0 Å². The van der Waals surface area contributed by atoms with Crippen LogP contribution < -0.4 is 10.1 Å². The molecule has 1 aromatic heterocycles. The summed E-state index contributed by atoms with van der Waals surface area (Å²) in [6.07, 6.45) is 5.74. The number of likely N-dealkylation sites (tertiary alicyclic amines) is 1. The van der Waals surface area contributed by atoms with Crippen LogP contribution in [0.25, 0.3) is 11.1 Å². The molecule has 0 spiro atoms. The Morgan fingerprint density at radius 1 is 1.27 bits per heavy atom. The van der Waals surface area contributed by atoms with E-state index in [2.05, 4.69) is 16.4 Å². The fourth-order valence-electron chi connectivity index (χ4n) is 3.50. The number of nitrogens with one attached hydrogen (secondary N) is 1. The Morgan fingerprint density at radius 3 is 3.04 bits per heavy atom. The second-order valence-corrected chi connectivity index (χ2v) is 6.81. The van der Waals surface area contributed by atoms with Crippen molar-refractivity contribution in [2.75, 3.05) is 20.2 Å². The molecule has 0 aliphatic carbocycles. The minimum atomic E-state index is -0.456. The molecule has 2 aliphatic heterocycles. The molecule has 3 heterocycles. The van der Waals surface area contributed by atoms with Crippen LogP contribution in [-0.4, -0.2) is 47.9 Å². The van der Waals surface area contributed by atoms with E-state index in [0.717, 1.165) is 36.3 Å². The van der Waals surface area contributed by atoms with Gasteiger partial charge in [0.05, 0.1) is 12.2 Å². The van der Waals surface area contributed by atoms with Gasteiger partial charge in [-0.05, 0) is 42.2 Å². The van der Waals surface area contributed by atoms with Crippen molar-refractivity contribution in [3.05, 3.63) is 47.8 Å². The first-order valence-corrected chi connectivity index (χ1v) is 8.89. The molecule has 134 valence electrons. The highest BCUT2D eigenvalue weighted by Gasteiger charge is 2.28. The molecule has 0 bridgehead atoms. The van der Waals surface area contributed by atoms with Gasteiger partial charge in [0.2, 0.25) is 5.91 Å². The molecule has 1 unspecified atom stereocenters. The van der Waals surface area contributed by atoms with Gasteiger partial charge >= 0.3 is 0 Å². The summed E-state index contributed by atoms with van der Waals surface area (Å²) in [5.41, 5.74) is 3.51. The number of aromatic nitrogens is 1. The number of hydrogen-bond donors (Lipinski definition) is 1. The number of rotatable bonds is 3. The lowest BCUT2D eigenvalue weighted by Gasteiger charge is -2.29. The van der Waals surface area contributed by atoms with Crippen LogP contribution >= 0.6 is 0 Å². The number of benzene rings is 1. The normalized spacial score (nSPS) is 19.0. The molecule has 6 heteroatoms. The van der Waals surface area contributed by atoms with Crippen molar-refractivity contribution < 1.29 is 14.3 Å². The molecule has 2 amide bonds. The first-order valence-electron chi connectivity index (χ1n) is 8.89. The number of piperidine rings is 1. The Morgan fingerprint density at radius 2 is 2.15 bits per heavy atom. The molecule has 0 saturated carbocycles. The average Bonchev–Trinajstić information content (AvgIpc) is 3.13. The third-order valence-electron chi connectivity index (χ3n) is 4.99. The lowest BCUT2D eigenvalue weighted by atomic mass is 10.0. The number of fused-ring (bicyclic) bond motifs is 1. The number of carbonyl (C=O) groups is 2. The number of pyridine rings is 1. The summed E-state index contributed by atoms with van der Waals surface area (Å²) < 4.78 is 5.54. The maximum absolute atomic E-state index is 12.6. The zero-order valence-corrected chi connectivity index (χ0v) is 14.7. The van der Waals surface area contributed by atoms with Gasteiger partial charge in [0.25, 0.3) is 5.91 Å². The molecule has 6 nitrogen and oxygen atoms in total. The van der Waals surface area contributed by atoms with E-state index in [-0.39, 0.29) is 11.8 Å². The highest BCUT2D eigenvalue weighted by molar-refractivity contribution is 5.98. The van der Waals surface area contributed by atoms with Crippen LogP contribution in [0, 0.1) is 0 Å². The van der Waals surface area contributed by atoms with Crippen molar-refractivity contribution in [2.24, 2.45) is 0 Å². The maximum Gasteiger partial charge on any atom is 0.253 e. The van der Waals surface area contributed by atoms with Gasteiger partial charge in [-0.15, -0.1) is 0 Å². The van der Waals surface area contributed by atoms with Gasteiger partial charge < -0.3 is 15.0 Å². The van der Waals surface area contributed by atoms with E-state index in [0.29, 0.717) is 18.6 Å². The molecule has 1 saturated heterocycles. The van der Waals surface area contributed by atoms with Crippen molar-refractivity contribution in [2.45, 2.75) is 25.3 Å². The monoisotopic (exact) mass is 351 g/mol. The van der Waals surface area contributed by atoms with Crippen LogP contribution in [0.15, 0.2) is 36.7 Å². The van der Waals surface area contributed by atoms with Gasteiger partial charge in [-0.3, -0.25) is 14.6 Å². The molecule has 26 heavy (non-hydrogen) atoms. The fourth-order valence-corrected chi connectivity index (χ4v) is 3.50. The first kappa shape index (κ1) is 16.6. The van der Waals surface area contributed by atoms with Crippen molar-refractivity contribution in [3.8, 4) is 16.9 Å². The molecule has 1 aromatic carbocycles. The summed E-state index contributed by atoms with van der Waals surface area (Å²) in [7, 11) is 1.76. The molecular weight excluding hydrogens is 330 g/mol. The minimum absolute atomic E-state index is 0.0349.